The second kappa shape index (κ2) is 10.1. The minimum absolute atomic E-state index is 0.0753. The maximum atomic E-state index is 5.36. The number of aromatic nitrogens is 1. The van der Waals surface area contributed by atoms with Gasteiger partial charge in [-0.05, 0) is 67.7 Å². The number of hydrogen-bond acceptors (Lipinski definition) is 3. The molecular formula is C45H30N4. The van der Waals surface area contributed by atoms with Crippen LogP contribution in [0.2, 0.25) is 0 Å². The van der Waals surface area contributed by atoms with Gasteiger partial charge in [-0.25, -0.2) is 4.99 Å². The molecule has 9 aromatic rings. The third-order valence-electron chi connectivity index (χ3n) is 10.5. The summed E-state index contributed by atoms with van der Waals surface area (Å²) in [5.41, 5.74) is 7.22. The molecule has 2 aliphatic heterocycles. The molecule has 3 unspecified atom stereocenters. The van der Waals surface area contributed by atoms with Crippen molar-refractivity contribution in [3.63, 3.8) is 0 Å². The molecule has 4 nitrogen and oxygen atoms in total. The quantitative estimate of drug-likeness (QED) is 0.182. The van der Waals surface area contributed by atoms with E-state index in [2.05, 4.69) is 184 Å². The molecule has 49 heavy (non-hydrogen) atoms. The SMILES string of the molecule is c1ccc(C2N=C(c3cccc4ccccc34)N3C(c4cccc(-n5c6ccc7ccccc7c6c6c7ccccc7ccc65)c4)N23)cc1. The molecule has 3 heterocycles. The first kappa shape index (κ1) is 26.8. The van der Waals surface area contributed by atoms with E-state index in [0.717, 1.165) is 11.5 Å². The first-order valence-electron chi connectivity index (χ1n) is 17.0. The summed E-state index contributed by atoms with van der Waals surface area (Å²) in [6.45, 7) is 0. The van der Waals surface area contributed by atoms with E-state index in [4.69, 9.17) is 4.99 Å². The number of fused-ring (bicyclic) bond motifs is 9. The highest BCUT2D eigenvalue weighted by atomic mass is 15.9. The van der Waals surface area contributed by atoms with E-state index in [0.29, 0.717) is 0 Å². The topological polar surface area (TPSA) is 23.3 Å². The molecule has 1 fully saturated rings. The van der Waals surface area contributed by atoms with Crippen molar-refractivity contribution in [2.75, 3.05) is 0 Å². The van der Waals surface area contributed by atoms with Gasteiger partial charge in [-0.1, -0.05) is 146 Å². The lowest BCUT2D eigenvalue weighted by atomic mass is 10.00. The highest BCUT2D eigenvalue weighted by Gasteiger charge is 2.57. The zero-order valence-corrected chi connectivity index (χ0v) is 26.6. The summed E-state index contributed by atoms with van der Waals surface area (Å²) in [4.78, 5) is 5.36. The van der Waals surface area contributed by atoms with Crippen LogP contribution in [-0.2, 0) is 0 Å². The smallest absolute Gasteiger partial charge is 0.150 e. The molecule has 1 saturated heterocycles. The van der Waals surface area contributed by atoms with E-state index in [1.807, 2.05) is 0 Å². The number of aliphatic imine (C=N–C) groups is 1. The fourth-order valence-electron chi connectivity index (χ4n) is 8.31. The Labute approximate surface area is 283 Å². The molecule has 0 N–H and O–H groups in total. The molecule has 2 aliphatic rings. The van der Waals surface area contributed by atoms with Crippen molar-refractivity contribution < 1.29 is 0 Å². The largest absolute Gasteiger partial charge is 0.309 e. The van der Waals surface area contributed by atoms with Crippen LogP contribution in [0.3, 0.4) is 0 Å². The van der Waals surface area contributed by atoms with Gasteiger partial charge < -0.3 is 4.57 Å². The lowest BCUT2D eigenvalue weighted by Crippen LogP contribution is -2.12. The maximum Gasteiger partial charge on any atom is 0.150 e. The van der Waals surface area contributed by atoms with E-state index in [9.17, 15) is 0 Å². The van der Waals surface area contributed by atoms with Gasteiger partial charge in [0, 0.05) is 22.0 Å². The summed E-state index contributed by atoms with van der Waals surface area (Å²) in [6.07, 6.45) is -0.0128. The molecule has 4 heteroatoms. The van der Waals surface area contributed by atoms with Crippen molar-refractivity contribution in [1.82, 2.24) is 14.6 Å². The fourth-order valence-corrected chi connectivity index (χ4v) is 8.31. The zero-order valence-electron chi connectivity index (χ0n) is 26.6. The summed E-state index contributed by atoms with van der Waals surface area (Å²) in [5.74, 6) is 1.02. The van der Waals surface area contributed by atoms with Crippen LogP contribution in [0.5, 0.6) is 0 Å². The number of hydrazine groups is 1. The highest BCUT2D eigenvalue weighted by molar-refractivity contribution is 6.28. The number of benzene rings is 8. The predicted octanol–water partition coefficient (Wildman–Crippen LogP) is 10.9. The van der Waals surface area contributed by atoms with Crippen molar-refractivity contribution in [1.29, 1.82) is 0 Å². The first-order chi connectivity index (χ1) is 24.3. The molecule has 0 saturated carbocycles. The van der Waals surface area contributed by atoms with Crippen LogP contribution in [0.25, 0.3) is 59.8 Å². The number of hydrogen-bond donors (Lipinski definition) is 0. The van der Waals surface area contributed by atoms with Gasteiger partial charge in [-0.15, -0.1) is 0 Å². The maximum absolute atomic E-state index is 5.36. The second-order valence-electron chi connectivity index (χ2n) is 13.2. The minimum atomic E-state index is -0.0882. The highest BCUT2D eigenvalue weighted by Crippen LogP contribution is 2.54. The third-order valence-corrected chi connectivity index (χ3v) is 10.5. The molecule has 0 radical (unpaired) electrons. The Hall–Kier alpha value is -6.23. The second-order valence-corrected chi connectivity index (χ2v) is 13.2. The van der Waals surface area contributed by atoms with Gasteiger partial charge in [0.05, 0.1) is 11.0 Å². The number of rotatable bonds is 4. The third kappa shape index (κ3) is 3.86. The summed E-state index contributed by atoms with van der Waals surface area (Å²) in [7, 11) is 0. The number of amidine groups is 1. The standard InChI is InChI=1S/C45H30N4/c1-2-15-32(16-3-1)43-46-44(38-23-11-17-29-12-4-7-20-35(29)38)49-45(48(43)49)33-18-10-19-34(28-33)47-39-26-24-30-13-5-8-21-36(30)41(39)42-37-22-9-6-14-31(37)25-27-40(42)47/h1-28,43,45H. The van der Waals surface area contributed by atoms with Crippen LogP contribution in [0, 0.1) is 0 Å². The predicted molar refractivity (Wildman–Crippen MR) is 202 cm³/mol. The van der Waals surface area contributed by atoms with Crippen molar-refractivity contribution in [2.45, 2.75) is 12.3 Å². The minimum Gasteiger partial charge on any atom is -0.309 e. The molecule has 1 aromatic heterocycles. The van der Waals surface area contributed by atoms with E-state index in [1.165, 1.54) is 70.8 Å². The van der Waals surface area contributed by atoms with Crippen molar-refractivity contribution in [2.24, 2.45) is 4.99 Å². The molecule has 11 rings (SSSR count). The molecule has 0 bridgehead atoms. The Bertz CT molecular complexity index is 2710. The van der Waals surface area contributed by atoms with Gasteiger partial charge in [0.15, 0.2) is 0 Å². The molecule has 8 aromatic carbocycles. The van der Waals surface area contributed by atoms with Crippen molar-refractivity contribution in [3.05, 3.63) is 187 Å². The Morgan fingerprint density at radius 3 is 1.69 bits per heavy atom. The van der Waals surface area contributed by atoms with Crippen LogP contribution in [0.15, 0.2) is 175 Å². The average Bonchev–Trinajstić information content (AvgIpc) is 3.61. The monoisotopic (exact) mass is 626 g/mol. The van der Waals surface area contributed by atoms with Gasteiger partial charge >= 0.3 is 0 Å². The Balaban J connectivity index is 1.10. The summed E-state index contributed by atoms with van der Waals surface area (Å²) < 4.78 is 2.46. The molecule has 0 amide bonds. The Morgan fingerprint density at radius 2 is 1.00 bits per heavy atom. The fraction of sp³-hybridized carbons (Fsp3) is 0.0444. The molecule has 230 valence electrons. The van der Waals surface area contributed by atoms with Gasteiger partial charge in [0.2, 0.25) is 0 Å². The van der Waals surface area contributed by atoms with Gasteiger partial charge in [0.1, 0.15) is 18.2 Å². The van der Waals surface area contributed by atoms with Crippen LogP contribution in [0.1, 0.15) is 29.0 Å². The average molecular weight is 627 g/mol. The first-order valence-corrected chi connectivity index (χ1v) is 17.0. The summed E-state index contributed by atoms with van der Waals surface area (Å²) in [6, 6.07) is 61.6. The summed E-state index contributed by atoms with van der Waals surface area (Å²) >= 11 is 0. The van der Waals surface area contributed by atoms with Crippen LogP contribution < -0.4 is 0 Å². The Morgan fingerprint density at radius 1 is 0.449 bits per heavy atom. The van der Waals surface area contributed by atoms with Crippen LogP contribution >= 0.6 is 0 Å². The number of nitrogens with zero attached hydrogens (tertiary/aromatic N) is 4. The van der Waals surface area contributed by atoms with Crippen LogP contribution in [0.4, 0.5) is 0 Å². The lowest BCUT2D eigenvalue weighted by molar-refractivity contribution is 0.341. The summed E-state index contributed by atoms with van der Waals surface area (Å²) in [5, 5.41) is 15.0. The zero-order chi connectivity index (χ0) is 32.1. The molecular weight excluding hydrogens is 597 g/mol. The van der Waals surface area contributed by atoms with Crippen molar-refractivity contribution >= 4 is 60.0 Å². The van der Waals surface area contributed by atoms with Crippen LogP contribution in [-0.4, -0.2) is 20.4 Å². The van der Waals surface area contributed by atoms with Gasteiger partial charge in [-0.3, -0.25) is 5.01 Å². The molecule has 3 atom stereocenters. The lowest BCUT2D eigenvalue weighted by Gasteiger charge is -2.14. The van der Waals surface area contributed by atoms with E-state index in [-0.39, 0.29) is 12.3 Å². The molecule has 0 aliphatic carbocycles. The van der Waals surface area contributed by atoms with Crippen molar-refractivity contribution in [3.8, 4) is 5.69 Å². The Kier molecular flexibility index (Phi) is 5.54. The molecule has 0 spiro atoms. The van der Waals surface area contributed by atoms with E-state index < -0.39 is 0 Å². The normalized spacial score (nSPS) is 18.5. The van der Waals surface area contributed by atoms with Gasteiger partial charge in [0.25, 0.3) is 0 Å². The van der Waals surface area contributed by atoms with E-state index >= 15 is 0 Å². The van der Waals surface area contributed by atoms with E-state index in [1.54, 1.807) is 0 Å². The van der Waals surface area contributed by atoms with Gasteiger partial charge in [-0.2, -0.15) is 5.01 Å².